The normalized spacial score (nSPS) is 10.5. The summed E-state index contributed by atoms with van der Waals surface area (Å²) in [5.41, 5.74) is 4.99. The first kappa shape index (κ1) is 19.9. The van der Waals surface area contributed by atoms with Gasteiger partial charge in [-0.2, -0.15) is 5.10 Å². The van der Waals surface area contributed by atoms with Crippen molar-refractivity contribution in [3.8, 4) is 11.5 Å². The standard InChI is InChI=1S/C23H23N3O3/c1-2-28-22-15-19(13-14-21(22)29-17-18-9-5-3-6-10-18)16-24-26-23(27)25-20-11-7-4-8-12-20/h3-16H,2,17H2,1H3,(H2,25,26,27)/b24-16+. The second-order valence-corrected chi connectivity index (χ2v) is 6.10. The average Bonchev–Trinajstić information content (AvgIpc) is 2.75. The third-order valence-electron chi connectivity index (χ3n) is 3.92. The fourth-order valence-corrected chi connectivity index (χ4v) is 2.57. The molecule has 0 saturated heterocycles. The first-order valence-electron chi connectivity index (χ1n) is 9.33. The lowest BCUT2D eigenvalue weighted by Crippen LogP contribution is -2.24. The summed E-state index contributed by atoms with van der Waals surface area (Å²) in [6.45, 7) is 2.88. The Hall–Kier alpha value is -3.80. The number of ether oxygens (including phenoxy) is 2. The highest BCUT2D eigenvalue weighted by atomic mass is 16.5. The highest BCUT2D eigenvalue weighted by molar-refractivity contribution is 5.90. The molecule has 0 heterocycles. The minimum Gasteiger partial charge on any atom is -0.490 e. The Bertz CT molecular complexity index is 944. The van der Waals surface area contributed by atoms with E-state index in [1.54, 1.807) is 18.3 Å². The van der Waals surface area contributed by atoms with Crippen LogP contribution in [0.5, 0.6) is 11.5 Å². The van der Waals surface area contributed by atoms with Crippen molar-refractivity contribution in [1.29, 1.82) is 0 Å². The molecule has 2 N–H and O–H groups in total. The number of urea groups is 1. The smallest absolute Gasteiger partial charge is 0.339 e. The summed E-state index contributed by atoms with van der Waals surface area (Å²) in [5.74, 6) is 1.28. The molecule has 0 spiro atoms. The van der Waals surface area contributed by atoms with Gasteiger partial charge in [-0.05, 0) is 48.4 Å². The van der Waals surface area contributed by atoms with Crippen molar-refractivity contribution in [2.24, 2.45) is 5.10 Å². The van der Waals surface area contributed by atoms with Gasteiger partial charge in [0.2, 0.25) is 0 Å². The summed E-state index contributed by atoms with van der Waals surface area (Å²) in [5, 5.41) is 6.67. The van der Waals surface area contributed by atoms with Crippen molar-refractivity contribution in [1.82, 2.24) is 5.43 Å². The van der Waals surface area contributed by atoms with Crippen LogP contribution < -0.4 is 20.2 Å². The van der Waals surface area contributed by atoms with Crippen molar-refractivity contribution >= 4 is 17.9 Å². The molecule has 6 nitrogen and oxygen atoms in total. The van der Waals surface area contributed by atoms with Gasteiger partial charge in [0.05, 0.1) is 12.8 Å². The van der Waals surface area contributed by atoms with Crippen LogP contribution in [0.25, 0.3) is 0 Å². The van der Waals surface area contributed by atoms with Crippen LogP contribution in [0.3, 0.4) is 0 Å². The Morgan fingerprint density at radius 2 is 1.66 bits per heavy atom. The van der Waals surface area contributed by atoms with Crippen LogP contribution in [0.15, 0.2) is 84.0 Å². The van der Waals surface area contributed by atoms with Crippen molar-refractivity contribution in [2.75, 3.05) is 11.9 Å². The van der Waals surface area contributed by atoms with Gasteiger partial charge in [-0.25, -0.2) is 10.2 Å². The molecule has 0 bridgehead atoms. The average molecular weight is 389 g/mol. The number of benzene rings is 3. The van der Waals surface area contributed by atoms with Crippen LogP contribution in [0.1, 0.15) is 18.1 Å². The number of hydrazone groups is 1. The summed E-state index contributed by atoms with van der Waals surface area (Å²) in [6, 6.07) is 24.2. The van der Waals surface area contributed by atoms with Gasteiger partial charge in [-0.1, -0.05) is 48.5 Å². The third kappa shape index (κ3) is 6.39. The minimum atomic E-state index is -0.416. The van der Waals surface area contributed by atoms with Gasteiger partial charge in [0.25, 0.3) is 0 Å². The number of nitrogens with zero attached hydrogens (tertiary/aromatic N) is 1. The number of carbonyl (C=O) groups excluding carboxylic acids is 1. The highest BCUT2D eigenvalue weighted by Gasteiger charge is 2.07. The second-order valence-electron chi connectivity index (χ2n) is 6.10. The lowest BCUT2D eigenvalue weighted by atomic mass is 10.2. The Morgan fingerprint density at radius 3 is 2.38 bits per heavy atom. The van der Waals surface area contributed by atoms with Gasteiger partial charge in [0.15, 0.2) is 11.5 Å². The highest BCUT2D eigenvalue weighted by Crippen LogP contribution is 2.28. The van der Waals surface area contributed by atoms with Gasteiger partial charge < -0.3 is 14.8 Å². The molecule has 3 rings (SSSR count). The summed E-state index contributed by atoms with van der Waals surface area (Å²) >= 11 is 0. The van der Waals surface area contributed by atoms with E-state index in [0.717, 1.165) is 11.1 Å². The fraction of sp³-hybridized carbons (Fsp3) is 0.130. The van der Waals surface area contributed by atoms with Crippen LogP contribution in [0.4, 0.5) is 10.5 Å². The van der Waals surface area contributed by atoms with Gasteiger partial charge in [-0.15, -0.1) is 0 Å². The Labute approximate surface area is 170 Å². The van der Waals surface area contributed by atoms with Crippen LogP contribution in [-0.4, -0.2) is 18.9 Å². The molecule has 29 heavy (non-hydrogen) atoms. The molecule has 0 aliphatic carbocycles. The second kappa shape index (κ2) is 10.5. The number of hydrogen-bond donors (Lipinski definition) is 2. The SMILES string of the molecule is CCOc1cc(/C=N/NC(=O)Nc2ccccc2)ccc1OCc1ccccc1. The van der Waals surface area contributed by atoms with Gasteiger partial charge >= 0.3 is 6.03 Å². The molecule has 0 unspecified atom stereocenters. The number of para-hydroxylation sites is 1. The predicted molar refractivity (Wildman–Crippen MR) is 115 cm³/mol. The summed E-state index contributed by atoms with van der Waals surface area (Å²) < 4.78 is 11.6. The molecular formula is C23H23N3O3. The van der Waals surface area contributed by atoms with E-state index in [2.05, 4.69) is 15.8 Å². The zero-order valence-corrected chi connectivity index (χ0v) is 16.2. The van der Waals surface area contributed by atoms with E-state index in [-0.39, 0.29) is 0 Å². The van der Waals surface area contributed by atoms with E-state index >= 15 is 0 Å². The molecule has 6 heteroatoms. The Balaban J connectivity index is 1.59. The maximum atomic E-state index is 11.9. The van der Waals surface area contributed by atoms with Crippen molar-refractivity contribution in [3.63, 3.8) is 0 Å². The number of hydrogen-bond acceptors (Lipinski definition) is 4. The fourth-order valence-electron chi connectivity index (χ4n) is 2.57. The first-order valence-corrected chi connectivity index (χ1v) is 9.33. The van der Waals surface area contributed by atoms with Crippen LogP contribution in [0, 0.1) is 0 Å². The number of carbonyl (C=O) groups is 1. The molecule has 3 aromatic rings. The maximum Gasteiger partial charge on any atom is 0.339 e. The van der Waals surface area contributed by atoms with Crippen molar-refractivity contribution in [2.45, 2.75) is 13.5 Å². The third-order valence-corrected chi connectivity index (χ3v) is 3.92. The summed E-state index contributed by atoms with van der Waals surface area (Å²) in [7, 11) is 0. The monoisotopic (exact) mass is 389 g/mol. The van der Waals surface area contributed by atoms with Crippen LogP contribution >= 0.6 is 0 Å². The van der Waals surface area contributed by atoms with Crippen molar-refractivity contribution < 1.29 is 14.3 Å². The molecule has 148 valence electrons. The largest absolute Gasteiger partial charge is 0.490 e. The van der Waals surface area contributed by atoms with Crippen LogP contribution in [0.2, 0.25) is 0 Å². The molecule has 0 aliphatic heterocycles. The van der Waals surface area contributed by atoms with E-state index in [9.17, 15) is 4.79 Å². The maximum absolute atomic E-state index is 11.9. The van der Waals surface area contributed by atoms with Crippen molar-refractivity contribution in [3.05, 3.63) is 90.0 Å². The van der Waals surface area contributed by atoms with Gasteiger partial charge in [0, 0.05) is 5.69 Å². The van der Waals surface area contributed by atoms with E-state index in [1.165, 1.54) is 0 Å². The molecule has 0 saturated carbocycles. The lowest BCUT2D eigenvalue weighted by Gasteiger charge is -2.12. The first-order chi connectivity index (χ1) is 14.2. The molecule has 0 aromatic heterocycles. The molecule has 0 fully saturated rings. The predicted octanol–water partition coefficient (Wildman–Crippen LogP) is 4.82. The van der Waals surface area contributed by atoms with Gasteiger partial charge in [0.1, 0.15) is 6.61 Å². The summed E-state index contributed by atoms with van der Waals surface area (Å²) in [6.07, 6.45) is 1.55. The molecule has 3 aromatic carbocycles. The number of amides is 2. The topological polar surface area (TPSA) is 72.0 Å². The molecule has 0 radical (unpaired) electrons. The van der Waals surface area contributed by atoms with Crippen LogP contribution in [-0.2, 0) is 6.61 Å². The zero-order valence-electron chi connectivity index (χ0n) is 16.2. The zero-order chi connectivity index (χ0) is 20.3. The Kier molecular flexibility index (Phi) is 7.23. The molecule has 0 aliphatic rings. The number of nitrogens with one attached hydrogen (secondary N) is 2. The quantitative estimate of drug-likeness (QED) is 0.429. The van der Waals surface area contributed by atoms with E-state index in [4.69, 9.17) is 9.47 Å². The Morgan fingerprint density at radius 1 is 0.931 bits per heavy atom. The summed E-state index contributed by atoms with van der Waals surface area (Å²) in [4.78, 5) is 11.9. The lowest BCUT2D eigenvalue weighted by molar-refractivity contribution is 0.252. The molecule has 0 atom stereocenters. The molecule has 2 amide bonds. The number of anilines is 1. The van der Waals surface area contributed by atoms with Gasteiger partial charge in [-0.3, -0.25) is 0 Å². The van der Waals surface area contributed by atoms with E-state index in [0.29, 0.717) is 30.4 Å². The van der Waals surface area contributed by atoms with E-state index in [1.807, 2.05) is 73.7 Å². The minimum absolute atomic E-state index is 0.416. The molecular weight excluding hydrogens is 366 g/mol. The number of rotatable bonds is 8. The van der Waals surface area contributed by atoms with E-state index < -0.39 is 6.03 Å².